The molecule has 3 aromatic carbocycles. The van der Waals surface area contributed by atoms with Gasteiger partial charge in [-0.25, -0.2) is 0 Å². The summed E-state index contributed by atoms with van der Waals surface area (Å²) in [5.74, 6) is -0.501. The van der Waals surface area contributed by atoms with E-state index in [1.165, 1.54) is 7.11 Å². The van der Waals surface area contributed by atoms with Crippen LogP contribution in [0.15, 0.2) is 84.9 Å². The third-order valence-corrected chi connectivity index (χ3v) is 4.31. The van der Waals surface area contributed by atoms with Gasteiger partial charge in [0.2, 0.25) is 11.8 Å². The highest BCUT2D eigenvalue weighted by Crippen LogP contribution is 2.25. The molecular formula is C24H24N2O4. The van der Waals surface area contributed by atoms with Crippen LogP contribution in [-0.2, 0) is 19.1 Å². The second-order valence-corrected chi connectivity index (χ2v) is 6.62. The number of anilines is 2. The van der Waals surface area contributed by atoms with Gasteiger partial charge in [-0.1, -0.05) is 60.7 Å². The van der Waals surface area contributed by atoms with Crippen molar-refractivity contribution in [2.45, 2.75) is 6.10 Å². The number of hydrogen-bond donors (Lipinski definition) is 2. The molecule has 0 fully saturated rings. The van der Waals surface area contributed by atoms with Crippen LogP contribution in [0.3, 0.4) is 0 Å². The molecule has 0 heterocycles. The fourth-order valence-corrected chi connectivity index (χ4v) is 2.96. The summed E-state index contributed by atoms with van der Waals surface area (Å²) in [5, 5.41) is 5.50. The first-order valence-corrected chi connectivity index (χ1v) is 9.56. The predicted molar refractivity (Wildman–Crippen MR) is 116 cm³/mol. The Bertz CT molecular complexity index is 904. The first-order chi connectivity index (χ1) is 14.7. The van der Waals surface area contributed by atoms with Crippen LogP contribution in [-0.4, -0.2) is 32.1 Å². The second kappa shape index (κ2) is 10.9. The first-order valence-electron chi connectivity index (χ1n) is 9.56. The van der Waals surface area contributed by atoms with E-state index in [2.05, 4.69) is 10.6 Å². The molecule has 3 rings (SSSR count). The van der Waals surface area contributed by atoms with Crippen molar-refractivity contribution in [3.63, 3.8) is 0 Å². The monoisotopic (exact) mass is 404 g/mol. The van der Waals surface area contributed by atoms with E-state index in [1.807, 2.05) is 60.7 Å². The number of nitrogens with one attached hydrogen (secondary N) is 2. The molecule has 0 aromatic heterocycles. The summed E-state index contributed by atoms with van der Waals surface area (Å²) in [4.78, 5) is 23.9. The van der Waals surface area contributed by atoms with Gasteiger partial charge >= 0.3 is 0 Å². The molecular weight excluding hydrogens is 380 g/mol. The Morgan fingerprint density at radius 3 is 1.57 bits per heavy atom. The molecule has 0 atom stereocenters. The molecule has 6 heteroatoms. The molecule has 0 spiro atoms. The fourth-order valence-electron chi connectivity index (χ4n) is 2.96. The Balaban J connectivity index is 1.59. The number of amides is 2. The molecule has 6 nitrogen and oxygen atoms in total. The van der Waals surface area contributed by atoms with Crippen LogP contribution >= 0.6 is 0 Å². The fraction of sp³-hybridized carbons (Fsp3) is 0.167. The van der Waals surface area contributed by atoms with E-state index in [0.717, 1.165) is 11.1 Å². The number of carbonyl (C=O) groups excluding carboxylic acids is 2. The molecule has 0 saturated carbocycles. The number of carbonyl (C=O) groups is 2. The molecule has 30 heavy (non-hydrogen) atoms. The van der Waals surface area contributed by atoms with Crippen molar-refractivity contribution in [2.75, 3.05) is 31.0 Å². The second-order valence-electron chi connectivity index (χ2n) is 6.62. The van der Waals surface area contributed by atoms with Gasteiger partial charge in [0, 0.05) is 18.5 Å². The zero-order chi connectivity index (χ0) is 21.2. The molecule has 0 aliphatic carbocycles. The molecule has 0 saturated heterocycles. The minimum Gasteiger partial charge on any atom is -0.375 e. The van der Waals surface area contributed by atoms with Crippen LogP contribution in [0.1, 0.15) is 17.2 Å². The molecule has 0 radical (unpaired) electrons. The van der Waals surface area contributed by atoms with E-state index in [9.17, 15) is 9.59 Å². The van der Waals surface area contributed by atoms with Crippen LogP contribution in [0.25, 0.3) is 0 Å². The average molecular weight is 404 g/mol. The van der Waals surface area contributed by atoms with Crippen molar-refractivity contribution >= 4 is 23.2 Å². The summed E-state index contributed by atoms with van der Waals surface area (Å²) in [5.41, 5.74) is 3.20. The summed E-state index contributed by atoms with van der Waals surface area (Å²) in [6, 6.07) is 26.4. The third-order valence-electron chi connectivity index (χ3n) is 4.31. The number of hydrogen-bond acceptors (Lipinski definition) is 4. The summed E-state index contributed by atoms with van der Waals surface area (Å²) >= 11 is 0. The molecule has 3 aromatic rings. The van der Waals surface area contributed by atoms with Crippen molar-refractivity contribution in [3.8, 4) is 0 Å². The standard InChI is InChI=1S/C24H24N2O4/c1-29-16-22(27)25-20-12-14-21(15-13-20)26-23(28)17-30-24(18-8-4-2-5-9-18)19-10-6-3-7-11-19/h2-15,24H,16-17H2,1H3,(H,25,27)(H,26,28). The average Bonchev–Trinajstić information content (AvgIpc) is 2.77. The van der Waals surface area contributed by atoms with Crippen molar-refractivity contribution < 1.29 is 19.1 Å². The highest BCUT2D eigenvalue weighted by Gasteiger charge is 2.16. The molecule has 2 amide bonds. The smallest absolute Gasteiger partial charge is 0.250 e. The van der Waals surface area contributed by atoms with E-state index in [-0.39, 0.29) is 31.1 Å². The summed E-state index contributed by atoms with van der Waals surface area (Å²) in [6.07, 6.45) is -0.337. The van der Waals surface area contributed by atoms with Crippen molar-refractivity contribution in [2.24, 2.45) is 0 Å². The normalized spacial score (nSPS) is 10.6. The third kappa shape index (κ3) is 6.27. The van der Waals surface area contributed by atoms with Crippen LogP contribution in [0.2, 0.25) is 0 Å². The lowest BCUT2D eigenvalue weighted by Crippen LogP contribution is -2.21. The molecule has 0 aliphatic rings. The molecule has 0 aliphatic heterocycles. The van der Waals surface area contributed by atoms with Crippen molar-refractivity contribution in [1.82, 2.24) is 0 Å². The maximum Gasteiger partial charge on any atom is 0.250 e. The molecule has 2 N–H and O–H groups in total. The van der Waals surface area contributed by atoms with Gasteiger partial charge in [0.25, 0.3) is 0 Å². The minimum atomic E-state index is -0.337. The van der Waals surface area contributed by atoms with Gasteiger partial charge in [-0.2, -0.15) is 0 Å². The SMILES string of the molecule is COCC(=O)Nc1ccc(NC(=O)COC(c2ccccc2)c2ccccc2)cc1. The maximum absolute atomic E-state index is 12.4. The topological polar surface area (TPSA) is 76.7 Å². The van der Waals surface area contributed by atoms with Crippen LogP contribution < -0.4 is 10.6 Å². The number of rotatable bonds is 9. The van der Waals surface area contributed by atoms with E-state index >= 15 is 0 Å². The van der Waals surface area contributed by atoms with Gasteiger partial charge in [0.15, 0.2) is 0 Å². The van der Waals surface area contributed by atoms with Crippen LogP contribution in [0, 0.1) is 0 Å². The van der Waals surface area contributed by atoms with E-state index in [1.54, 1.807) is 24.3 Å². The summed E-state index contributed by atoms with van der Waals surface area (Å²) < 4.78 is 10.7. The Morgan fingerprint density at radius 2 is 1.13 bits per heavy atom. The van der Waals surface area contributed by atoms with Gasteiger partial charge in [0.05, 0.1) is 0 Å². The number of methoxy groups -OCH3 is 1. The quantitative estimate of drug-likeness (QED) is 0.565. The lowest BCUT2D eigenvalue weighted by atomic mass is 10.0. The zero-order valence-corrected chi connectivity index (χ0v) is 16.7. The Hall–Kier alpha value is -3.48. The number of ether oxygens (including phenoxy) is 2. The molecule has 0 bridgehead atoms. The maximum atomic E-state index is 12.4. The predicted octanol–water partition coefficient (Wildman–Crippen LogP) is 4.02. The van der Waals surface area contributed by atoms with Gasteiger partial charge in [-0.05, 0) is 35.4 Å². The highest BCUT2D eigenvalue weighted by atomic mass is 16.5. The highest BCUT2D eigenvalue weighted by molar-refractivity contribution is 5.93. The minimum absolute atomic E-state index is 0.0141. The van der Waals surface area contributed by atoms with Crippen LogP contribution in [0.4, 0.5) is 11.4 Å². The first kappa shape index (κ1) is 21.2. The Kier molecular flexibility index (Phi) is 7.71. The Morgan fingerprint density at radius 1 is 0.700 bits per heavy atom. The van der Waals surface area contributed by atoms with E-state index < -0.39 is 0 Å². The molecule has 154 valence electrons. The van der Waals surface area contributed by atoms with Crippen molar-refractivity contribution in [1.29, 1.82) is 0 Å². The van der Waals surface area contributed by atoms with Gasteiger partial charge < -0.3 is 20.1 Å². The molecule has 0 unspecified atom stereocenters. The van der Waals surface area contributed by atoms with E-state index in [4.69, 9.17) is 9.47 Å². The van der Waals surface area contributed by atoms with Gasteiger partial charge in [0.1, 0.15) is 19.3 Å². The lowest BCUT2D eigenvalue weighted by molar-refractivity contribution is -0.122. The summed E-state index contributed by atoms with van der Waals surface area (Å²) in [6.45, 7) is -0.111. The van der Waals surface area contributed by atoms with E-state index in [0.29, 0.717) is 11.4 Å². The summed E-state index contributed by atoms with van der Waals surface area (Å²) in [7, 11) is 1.46. The van der Waals surface area contributed by atoms with Crippen molar-refractivity contribution in [3.05, 3.63) is 96.1 Å². The van der Waals surface area contributed by atoms with Crippen LogP contribution in [0.5, 0.6) is 0 Å². The van der Waals surface area contributed by atoms with Gasteiger partial charge in [-0.15, -0.1) is 0 Å². The number of benzene rings is 3. The lowest BCUT2D eigenvalue weighted by Gasteiger charge is -2.19. The zero-order valence-electron chi connectivity index (χ0n) is 16.7. The van der Waals surface area contributed by atoms with Gasteiger partial charge in [-0.3, -0.25) is 9.59 Å². The Labute approximate surface area is 175 Å². The largest absolute Gasteiger partial charge is 0.375 e.